The lowest BCUT2D eigenvalue weighted by atomic mass is 10.1. The fourth-order valence-corrected chi connectivity index (χ4v) is 2.38. The van der Waals surface area contributed by atoms with Crippen molar-refractivity contribution in [2.75, 3.05) is 11.9 Å². The third kappa shape index (κ3) is 5.72. The zero-order valence-corrected chi connectivity index (χ0v) is 15.7. The molecule has 2 aromatic carbocycles. The second-order valence-corrected chi connectivity index (χ2v) is 5.89. The first kappa shape index (κ1) is 20.3. The number of halogens is 1. The number of carbonyl (C=O) groups is 2. The standard InChI is InChI=1S/C19H20ClN3O4/c1-3-12-5-7-14(8-6-12)22-18(25)19(26)23-21-11-13-9-15(20)17(24)16(10-13)27-4-2/h5-11,24H,3-4H2,1-2H3,(H,22,25)(H,23,26)/b21-11-. The van der Waals surface area contributed by atoms with E-state index in [1.807, 2.05) is 19.1 Å². The van der Waals surface area contributed by atoms with E-state index in [0.717, 1.165) is 12.0 Å². The number of carbonyl (C=O) groups excluding carboxylic acids is 2. The van der Waals surface area contributed by atoms with Gasteiger partial charge in [0.05, 0.1) is 17.8 Å². The molecule has 7 nitrogen and oxygen atoms in total. The Balaban J connectivity index is 1.96. The molecule has 2 aromatic rings. The molecule has 2 rings (SSSR count). The second kappa shape index (κ2) is 9.59. The van der Waals surface area contributed by atoms with Crippen molar-refractivity contribution in [3.8, 4) is 11.5 Å². The molecule has 0 saturated heterocycles. The third-order valence-corrected chi connectivity index (χ3v) is 3.84. The summed E-state index contributed by atoms with van der Waals surface area (Å²) >= 11 is 5.92. The van der Waals surface area contributed by atoms with E-state index < -0.39 is 11.8 Å². The number of hydrogen-bond donors (Lipinski definition) is 3. The van der Waals surface area contributed by atoms with Gasteiger partial charge in [-0.2, -0.15) is 5.10 Å². The first-order valence-electron chi connectivity index (χ1n) is 8.33. The van der Waals surface area contributed by atoms with Crippen LogP contribution in [-0.2, 0) is 16.0 Å². The van der Waals surface area contributed by atoms with Crippen molar-refractivity contribution in [1.29, 1.82) is 0 Å². The molecule has 0 fully saturated rings. The van der Waals surface area contributed by atoms with Crippen molar-refractivity contribution in [3.05, 3.63) is 52.5 Å². The minimum absolute atomic E-state index is 0.0852. The molecule has 0 aliphatic carbocycles. The quantitative estimate of drug-likeness (QED) is 0.401. The number of benzene rings is 2. The lowest BCUT2D eigenvalue weighted by Gasteiger charge is -2.08. The number of nitrogens with zero attached hydrogens (tertiary/aromatic N) is 1. The van der Waals surface area contributed by atoms with Gasteiger partial charge in [-0.1, -0.05) is 30.7 Å². The van der Waals surface area contributed by atoms with Gasteiger partial charge in [-0.3, -0.25) is 9.59 Å². The zero-order valence-electron chi connectivity index (χ0n) is 15.0. The number of rotatable bonds is 6. The highest BCUT2D eigenvalue weighted by molar-refractivity contribution is 6.39. The molecule has 8 heteroatoms. The molecule has 3 N–H and O–H groups in total. The van der Waals surface area contributed by atoms with E-state index in [9.17, 15) is 14.7 Å². The predicted octanol–water partition coefficient (Wildman–Crippen LogP) is 3.10. The number of anilines is 1. The largest absolute Gasteiger partial charge is 0.503 e. The summed E-state index contributed by atoms with van der Waals surface area (Å²) in [5, 5.41) is 16.1. The minimum atomic E-state index is -0.916. The molecule has 2 amide bonds. The van der Waals surface area contributed by atoms with Crippen LogP contribution in [0.3, 0.4) is 0 Å². The Hall–Kier alpha value is -3.06. The number of hydrogen-bond acceptors (Lipinski definition) is 5. The molecular weight excluding hydrogens is 370 g/mol. The van der Waals surface area contributed by atoms with Gasteiger partial charge in [-0.15, -0.1) is 0 Å². The Morgan fingerprint density at radius 3 is 2.52 bits per heavy atom. The van der Waals surface area contributed by atoms with Crippen LogP contribution in [-0.4, -0.2) is 29.7 Å². The lowest BCUT2D eigenvalue weighted by molar-refractivity contribution is -0.136. The van der Waals surface area contributed by atoms with Crippen LogP contribution >= 0.6 is 11.6 Å². The molecule has 0 aromatic heterocycles. The molecule has 27 heavy (non-hydrogen) atoms. The molecule has 0 aliphatic rings. The Morgan fingerprint density at radius 2 is 1.89 bits per heavy atom. The molecule has 0 radical (unpaired) electrons. The monoisotopic (exact) mass is 389 g/mol. The van der Waals surface area contributed by atoms with E-state index in [-0.39, 0.29) is 16.5 Å². The van der Waals surface area contributed by atoms with Gasteiger partial charge in [0.2, 0.25) is 0 Å². The third-order valence-electron chi connectivity index (χ3n) is 3.56. The normalized spacial score (nSPS) is 10.6. The van der Waals surface area contributed by atoms with Crippen LogP contribution in [0, 0.1) is 0 Å². The molecule has 142 valence electrons. The molecule has 0 unspecified atom stereocenters. The van der Waals surface area contributed by atoms with E-state index in [2.05, 4.69) is 15.8 Å². The highest BCUT2D eigenvalue weighted by Crippen LogP contribution is 2.34. The van der Waals surface area contributed by atoms with E-state index in [0.29, 0.717) is 17.9 Å². The van der Waals surface area contributed by atoms with Gasteiger partial charge in [0.1, 0.15) is 0 Å². The predicted molar refractivity (Wildman–Crippen MR) is 104 cm³/mol. The number of aryl methyl sites for hydroxylation is 1. The number of phenolic OH excluding ortho intramolecular Hbond substituents is 1. The van der Waals surface area contributed by atoms with Gasteiger partial charge in [-0.05, 0) is 48.7 Å². The first-order chi connectivity index (χ1) is 12.9. The van der Waals surface area contributed by atoms with Crippen LogP contribution in [0.5, 0.6) is 11.5 Å². The summed E-state index contributed by atoms with van der Waals surface area (Å²) in [7, 11) is 0. The van der Waals surface area contributed by atoms with Gasteiger partial charge in [-0.25, -0.2) is 5.43 Å². The Labute approximate surface area is 162 Å². The summed E-state index contributed by atoms with van der Waals surface area (Å²) in [4.78, 5) is 23.7. The van der Waals surface area contributed by atoms with Gasteiger partial charge in [0, 0.05) is 5.69 Å². The highest BCUT2D eigenvalue weighted by atomic mass is 35.5. The number of aromatic hydroxyl groups is 1. The fraction of sp³-hybridized carbons (Fsp3) is 0.211. The van der Waals surface area contributed by atoms with Crippen LogP contribution in [0.15, 0.2) is 41.5 Å². The van der Waals surface area contributed by atoms with Crippen molar-refractivity contribution in [3.63, 3.8) is 0 Å². The summed E-state index contributed by atoms with van der Waals surface area (Å²) in [5.41, 5.74) is 4.26. The number of ether oxygens (including phenoxy) is 1. The summed E-state index contributed by atoms with van der Waals surface area (Å²) in [6.07, 6.45) is 2.17. The smallest absolute Gasteiger partial charge is 0.329 e. The van der Waals surface area contributed by atoms with Crippen LogP contribution < -0.4 is 15.5 Å². The van der Waals surface area contributed by atoms with Crippen molar-refractivity contribution in [1.82, 2.24) is 5.43 Å². The van der Waals surface area contributed by atoms with E-state index in [1.165, 1.54) is 18.3 Å². The second-order valence-electron chi connectivity index (χ2n) is 5.49. The topological polar surface area (TPSA) is 100 Å². The van der Waals surface area contributed by atoms with E-state index in [4.69, 9.17) is 16.3 Å². The number of hydrazone groups is 1. The van der Waals surface area contributed by atoms with Crippen LogP contribution in [0.25, 0.3) is 0 Å². The van der Waals surface area contributed by atoms with Gasteiger partial charge >= 0.3 is 11.8 Å². The Kier molecular flexibility index (Phi) is 7.19. The summed E-state index contributed by atoms with van der Waals surface area (Å²) in [6, 6.07) is 10.1. The number of amides is 2. The average Bonchev–Trinajstić information content (AvgIpc) is 2.66. The minimum Gasteiger partial charge on any atom is -0.503 e. The summed E-state index contributed by atoms with van der Waals surface area (Å²) in [6.45, 7) is 4.14. The number of nitrogens with one attached hydrogen (secondary N) is 2. The zero-order chi connectivity index (χ0) is 19.8. The number of phenols is 1. The maximum atomic E-state index is 11.9. The lowest BCUT2D eigenvalue weighted by Crippen LogP contribution is -2.32. The van der Waals surface area contributed by atoms with Crippen molar-refractivity contribution in [2.24, 2.45) is 5.10 Å². The molecule has 0 bridgehead atoms. The van der Waals surface area contributed by atoms with Crippen LogP contribution in [0.4, 0.5) is 5.69 Å². The summed E-state index contributed by atoms with van der Waals surface area (Å²) < 4.78 is 5.26. The SMILES string of the molecule is CCOc1cc(/C=N\NC(=O)C(=O)Nc2ccc(CC)cc2)cc(Cl)c1O. The Morgan fingerprint density at radius 1 is 1.19 bits per heavy atom. The van der Waals surface area contributed by atoms with Gasteiger partial charge in [0.25, 0.3) is 0 Å². The van der Waals surface area contributed by atoms with Gasteiger partial charge < -0.3 is 15.2 Å². The fourth-order valence-electron chi connectivity index (χ4n) is 2.16. The van der Waals surface area contributed by atoms with Crippen molar-refractivity contribution < 1.29 is 19.4 Å². The molecule has 0 atom stereocenters. The first-order valence-corrected chi connectivity index (χ1v) is 8.71. The Bertz CT molecular complexity index is 851. The highest BCUT2D eigenvalue weighted by Gasteiger charge is 2.13. The van der Waals surface area contributed by atoms with Crippen molar-refractivity contribution in [2.45, 2.75) is 20.3 Å². The van der Waals surface area contributed by atoms with Crippen LogP contribution in [0.2, 0.25) is 5.02 Å². The van der Waals surface area contributed by atoms with E-state index >= 15 is 0 Å². The molecule has 0 spiro atoms. The van der Waals surface area contributed by atoms with Gasteiger partial charge in [0.15, 0.2) is 11.5 Å². The maximum Gasteiger partial charge on any atom is 0.329 e. The molecule has 0 saturated carbocycles. The molecular formula is C19H20ClN3O4. The van der Waals surface area contributed by atoms with Crippen LogP contribution in [0.1, 0.15) is 25.0 Å². The van der Waals surface area contributed by atoms with Crippen molar-refractivity contribution >= 4 is 35.3 Å². The molecule has 0 aliphatic heterocycles. The average molecular weight is 390 g/mol. The van der Waals surface area contributed by atoms with E-state index in [1.54, 1.807) is 19.1 Å². The summed E-state index contributed by atoms with van der Waals surface area (Å²) in [5.74, 6) is -1.73. The maximum absolute atomic E-state index is 11.9. The molecule has 0 heterocycles.